The largest absolute Gasteiger partial charge is 0.494 e. The lowest BCUT2D eigenvalue weighted by Gasteiger charge is -2.13. The van der Waals surface area contributed by atoms with Gasteiger partial charge in [0, 0.05) is 29.1 Å². The summed E-state index contributed by atoms with van der Waals surface area (Å²) in [4.78, 5) is 0. The van der Waals surface area contributed by atoms with Gasteiger partial charge in [0.1, 0.15) is 17.3 Å². The molecule has 1 aliphatic rings. The van der Waals surface area contributed by atoms with Crippen LogP contribution in [0, 0.1) is 5.82 Å². The van der Waals surface area contributed by atoms with Crippen LogP contribution in [0.3, 0.4) is 0 Å². The minimum absolute atomic E-state index is 0.316. The lowest BCUT2D eigenvalue weighted by molar-refractivity contribution is 0.353. The van der Waals surface area contributed by atoms with Crippen molar-refractivity contribution in [1.29, 1.82) is 0 Å². The first-order chi connectivity index (χ1) is 10.2. The maximum atomic E-state index is 13.2. The predicted octanol–water partition coefficient (Wildman–Crippen LogP) is 4.14. The van der Waals surface area contributed by atoms with Gasteiger partial charge in [-0.2, -0.15) is 0 Å². The van der Waals surface area contributed by atoms with E-state index in [9.17, 15) is 4.39 Å². The third-order valence-corrected chi connectivity index (χ3v) is 3.92. The number of nitrogens with one attached hydrogen (secondary N) is 1. The van der Waals surface area contributed by atoms with Crippen LogP contribution in [0.2, 0.25) is 0 Å². The van der Waals surface area contributed by atoms with Crippen LogP contribution in [-0.4, -0.2) is 13.7 Å². The summed E-state index contributed by atoms with van der Waals surface area (Å²) in [6.45, 7) is 1.31. The first-order valence-corrected chi connectivity index (χ1v) is 7.48. The number of hydrogen-bond donors (Lipinski definition) is 1. The van der Waals surface area contributed by atoms with E-state index in [-0.39, 0.29) is 5.82 Å². The number of methoxy groups -OCH3 is 1. The highest BCUT2D eigenvalue weighted by Crippen LogP contribution is 2.34. The molecular formula is C16H15BrFNO2. The summed E-state index contributed by atoms with van der Waals surface area (Å²) in [6.07, 6.45) is 0.932. The topological polar surface area (TPSA) is 30.5 Å². The number of halogens is 2. The average Bonchev–Trinajstić information content (AvgIpc) is 2.93. The number of rotatable bonds is 4. The Morgan fingerprint density at radius 2 is 2.19 bits per heavy atom. The first-order valence-electron chi connectivity index (χ1n) is 6.69. The zero-order valence-corrected chi connectivity index (χ0v) is 13.2. The summed E-state index contributed by atoms with van der Waals surface area (Å²) in [5.41, 5.74) is 3.04. The smallest absolute Gasteiger partial charge is 0.144 e. The Bertz CT molecular complexity index is 676. The zero-order valence-electron chi connectivity index (χ0n) is 11.6. The molecule has 21 heavy (non-hydrogen) atoms. The lowest BCUT2D eigenvalue weighted by atomic mass is 10.1. The molecule has 5 heteroatoms. The van der Waals surface area contributed by atoms with Crippen molar-refractivity contribution in [1.82, 2.24) is 0 Å². The molecule has 0 radical (unpaired) electrons. The molecule has 1 aliphatic heterocycles. The highest BCUT2D eigenvalue weighted by Gasteiger charge is 2.17. The molecule has 110 valence electrons. The minimum atomic E-state index is -0.316. The van der Waals surface area contributed by atoms with E-state index in [2.05, 4.69) is 27.3 Å². The van der Waals surface area contributed by atoms with Crippen molar-refractivity contribution in [2.45, 2.75) is 13.0 Å². The molecule has 0 unspecified atom stereocenters. The molecule has 1 heterocycles. The Morgan fingerprint density at radius 1 is 1.33 bits per heavy atom. The van der Waals surface area contributed by atoms with Crippen LogP contribution >= 0.6 is 15.9 Å². The number of benzene rings is 2. The fourth-order valence-electron chi connectivity index (χ4n) is 2.48. The molecule has 0 saturated heterocycles. The van der Waals surface area contributed by atoms with Crippen molar-refractivity contribution < 1.29 is 13.9 Å². The number of fused-ring (bicyclic) bond motifs is 1. The maximum absolute atomic E-state index is 13.2. The molecule has 0 atom stereocenters. The Labute approximate surface area is 131 Å². The van der Waals surface area contributed by atoms with Gasteiger partial charge in [0.15, 0.2) is 0 Å². The van der Waals surface area contributed by atoms with E-state index in [1.54, 1.807) is 6.07 Å². The van der Waals surface area contributed by atoms with Crippen molar-refractivity contribution in [3.05, 3.63) is 51.7 Å². The van der Waals surface area contributed by atoms with Crippen LogP contribution in [0.4, 0.5) is 10.1 Å². The van der Waals surface area contributed by atoms with Crippen LogP contribution in [0.1, 0.15) is 11.1 Å². The minimum Gasteiger partial charge on any atom is -0.494 e. The Balaban J connectivity index is 1.83. The van der Waals surface area contributed by atoms with E-state index in [1.807, 2.05) is 6.07 Å². The molecule has 2 aromatic rings. The van der Waals surface area contributed by atoms with Crippen molar-refractivity contribution in [2.75, 3.05) is 19.0 Å². The van der Waals surface area contributed by atoms with Crippen LogP contribution in [0.15, 0.2) is 34.8 Å². The summed E-state index contributed by atoms with van der Waals surface area (Å²) in [5, 5.41) is 3.27. The van der Waals surface area contributed by atoms with Crippen molar-refractivity contribution in [3.63, 3.8) is 0 Å². The Hall–Kier alpha value is -1.75. The summed E-state index contributed by atoms with van der Waals surface area (Å²) in [6, 6.07) is 8.57. The van der Waals surface area contributed by atoms with Crippen molar-refractivity contribution >= 4 is 21.6 Å². The summed E-state index contributed by atoms with van der Waals surface area (Å²) < 4.78 is 25.1. The van der Waals surface area contributed by atoms with Gasteiger partial charge in [0.05, 0.1) is 19.4 Å². The molecular weight excluding hydrogens is 337 g/mol. The first kappa shape index (κ1) is 14.2. The van der Waals surface area contributed by atoms with E-state index >= 15 is 0 Å². The molecule has 0 aromatic heterocycles. The normalized spacial score (nSPS) is 12.7. The fourth-order valence-corrected chi connectivity index (χ4v) is 3.03. The molecule has 0 aliphatic carbocycles. The Morgan fingerprint density at radius 3 is 3.00 bits per heavy atom. The van der Waals surface area contributed by atoms with E-state index in [1.165, 1.54) is 24.8 Å². The third kappa shape index (κ3) is 2.97. The standard InChI is InChI=1S/C16H15BrFNO2/c1-20-15-8-13(18)2-3-14(15)19-9-11-7-12(17)6-10-4-5-21-16(10)11/h2-3,6-8,19H,4-5,9H2,1H3. The highest BCUT2D eigenvalue weighted by atomic mass is 79.9. The van der Waals surface area contributed by atoms with Gasteiger partial charge in [0.25, 0.3) is 0 Å². The third-order valence-electron chi connectivity index (χ3n) is 3.46. The summed E-state index contributed by atoms with van der Waals surface area (Å²) in [5.74, 6) is 1.12. The van der Waals surface area contributed by atoms with Crippen molar-refractivity contribution in [2.24, 2.45) is 0 Å². The molecule has 0 fully saturated rings. The van der Waals surface area contributed by atoms with Gasteiger partial charge >= 0.3 is 0 Å². The molecule has 0 spiro atoms. The quantitative estimate of drug-likeness (QED) is 0.897. The van der Waals surface area contributed by atoms with Gasteiger partial charge in [-0.15, -0.1) is 0 Å². The second kappa shape index (κ2) is 5.93. The molecule has 2 aromatic carbocycles. The van der Waals surface area contributed by atoms with Gasteiger partial charge in [0.2, 0.25) is 0 Å². The van der Waals surface area contributed by atoms with Crippen LogP contribution in [0.5, 0.6) is 11.5 Å². The predicted molar refractivity (Wildman–Crippen MR) is 83.6 cm³/mol. The fraction of sp³-hybridized carbons (Fsp3) is 0.250. The molecule has 3 rings (SSSR count). The van der Waals surface area contributed by atoms with E-state index in [4.69, 9.17) is 9.47 Å². The van der Waals surface area contributed by atoms with Gasteiger partial charge < -0.3 is 14.8 Å². The molecule has 0 amide bonds. The molecule has 0 saturated carbocycles. The van der Waals surface area contributed by atoms with Crippen LogP contribution < -0.4 is 14.8 Å². The number of anilines is 1. The lowest BCUT2D eigenvalue weighted by Crippen LogP contribution is -2.03. The Kier molecular flexibility index (Phi) is 4.01. The van der Waals surface area contributed by atoms with E-state index in [0.717, 1.165) is 34.5 Å². The van der Waals surface area contributed by atoms with Gasteiger partial charge in [-0.05, 0) is 29.8 Å². The second-order valence-electron chi connectivity index (χ2n) is 4.85. The summed E-state index contributed by atoms with van der Waals surface area (Å²) >= 11 is 3.52. The molecule has 1 N–H and O–H groups in total. The zero-order chi connectivity index (χ0) is 14.8. The highest BCUT2D eigenvalue weighted by molar-refractivity contribution is 9.10. The molecule has 0 bridgehead atoms. The van der Waals surface area contributed by atoms with Gasteiger partial charge in [-0.3, -0.25) is 0 Å². The monoisotopic (exact) mass is 351 g/mol. The summed E-state index contributed by atoms with van der Waals surface area (Å²) in [7, 11) is 1.53. The number of ether oxygens (including phenoxy) is 2. The number of hydrogen-bond acceptors (Lipinski definition) is 3. The van der Waals surface area contributed by atoms with E-state index < -0.39 is 0 Å². The van der Waals surface area contributed by atoms with E-state index in [0.29, 0.717) is 12.3 Å². The SMILES string of the molecule is COc1cc(F)ccc1NCc1cc(Br)cc2c1OCC2. The van der Waals surface area contributed by atoms with Crippen LogP contribution in [-0.2, 0) is 13.0 Å². The molecule has 3 nitrogen and oxygen atoms in total. The average molecular weight is 352 g/mol. The maximum Gasteiger partial charge on any atom is 0.144 e. The van der Waals surface area contributed by atoms with Gasteiger partial charge in [-0.1, -0.05) is 15.9 Å². The van der Waals surface area contributed by atoms with Gasteiger partial charge in [-0.25, -0.2) is 4.39 Å². The van der Waals surface area contributed by atoms with Crippen LogP contribution in [0.25, 0.3) is 0 Å². The second-order valence-corrected chi connectivity index (χ2v) is 5.77. The van der Waals surface area contributed by atoms with Crippen molar-refractivity contribution in [3.8, 4) is 11.5 Å².